The maximum absolute atomic E-state index is 12.7. The van der Waals surface area contributed by atoms with Crippen LogP contribution in [0.2, 0.25) is 0 Å². The lowest BCUT2D eigenvalue weighted by Gasteiger charge is -2.26. The van der Waals surface area contributed by atoms with Gasteiger partial charge in [-0.25, -0.2) is 8.42 Å². The van der Waals surface area contributed by atoms with E-state index in [9.17, 15) is 8.42 Å². The number of aromatic amines is 1. The van der Waals surface area contributed by atoms with Gasteiger partial charge in [0, 0.05) is 31.4 Å². The summed E-state index contributed by atoms with van der Waals surface area (Å²) in [7, 11) is -1.90. The van der Waals surface area contributed by atoms with Gasteiger partial charge in [-0.1, -0.05) is 6.42 Å². The minimum atomic E-state index is -3.55. The molecule has 6 nitrogen and oxygen atoms in total. The van der Waals surface area contributed by atoms with Crippen molar-refractivity contribution in [1.29, 1.82) is 0 Å². The molecule has 0 saturated heterocycles. The van der Waals surface area contributed by atoms with E-state index >= 15 is 0 Å². The summed E-state index contributed by atoms with van der Waals surface area (Å²) >= 11 is 0. The van der Waals surface area contributed by atoms with Crippen molar-refractivity contribution in [3.8, 4) is 0 Å². The first-order valence-electron chi connectivity index (χ1n) is 7.63. The third-order valence-electron chi connectivity index (χ3n) is 5.27. The van der Waals surface area contributed by atoms with Crippen LogP contribution in [0, 0.1) is 24.7 Å². The largest absolute Gasteiger partial charge is 0.326 e. The number of nitrogens with two attached hydrogens (primary N) is 1. The summed E-state index contributed by atoms with van der Waals surface area (Å²) in [5.74, 6) is 2.04. The van der Waals surface area contributed by atoms with Crippen LogP contribution in [0.3, 0.4) is 0 Å². The second kappa shape index (κ2) is 5.37. The molecular formula is C14H24N4O2S. The molecule has 0 amide bonds. The van der Waals surface area contributed by atoms with Crippen LogP contribution in [0.1, 0.15) is 36.9 Å². The summed E-state index contributed by atoms with van der Waals surface area (Å²) in [6, 6.07) is 0. The zero-order valence-corrected chi connectivity index (χ0v) is 13.5. The van der Waals surface area contributed by atoms with E-state index in [0.29, 0.717) is 23.9 Å². The third-order valence-corrected chi connectivity index (χ3v) is 7.07. The molecule has 3 unspecified atom stereocenters. The van der Waals surface area contributed by atoms with Crippen LogP contribution in [-0.2, 0) is 16.6 Å². The number of nitrogens with one attached hydrogen (secondary N) is 1. The molecule has 2 fully saturated rings. The van der Waals surface area contributed by atoms with E-state index in [1.54, 1.807) is 14.0 Å². The van der Waals surface area contributed by atoms with Gasteiger partial charge in [-0.05, 0) is 43.9 Å². The Hall–Kier alpha value is -0.920. The lowest BCUT2D eigenvalue weighted by atomic mass is 9.89. The molecule has 0 aromatic carbocycles. The summed E-state index contributed by atoms with van der Waals surface area (Å²) in [6.07, 6.45) is 5.05. The Balaban J connectivity index is 1.78. The zero-order valence-electron chi connectivity index (χ0n) is 12.7. The second-order valence-corrected chi connectivity index (χ2v) is 8.52. The molecule has 21 heavy (non-hydrogen) atoms. The fourth-order valence-corrected chi connectivity index (χ4v) is 5.45. The molecule has 2 bridgehead atoms. The first-order chi connectivity index (χ1) is 9.93. The van der Waals surface area contributed by atoms with Crippen molar-refractivity contribution in [2.75, 3.05) is 13.6 Å². The maximum atomic E-state index is 12.7. The zero-order chi connectivity index (χ0) is 15.2. The molecule has 3 rings (SSSR count). The van der Waals surface area contributed by atoms with Crippen LogP contribution in [0.25, 0.3) is 0 Å². The van der Waals surface area contributed by atoms with Gasteiger partial charge in [-0.2, -0.15) is 9.40 Å². The molecule has 0 spiro atoms. The van der Waals surface area contributed by atoms with Crippen molar-refractivity contribution in [2.45, 2.75) is 44.2 Å². The van der Waals surface area contributed by atoms with Crippen molar-refractivity contribution >= 4 is 10.0 Å². The van der Waals surface area contributed by atoms with Crippen LogP contribution in [-0.4, -0.2) is 36.5 Å². The first-order valence-corrected chi connectivity index (χ1v) is 9.07. The van der Waals surface area contributed by atoms with Crippen LogP contribution in [0.5, 0.6) is 0 Å². The molecule has 118 valence electrons. The summed E-state index contributed by atoms with van der Waals surface area (Å²) in [6.45, 7) is 2.57. The van der Waals surface area contributed by atoms with Gasteiger partial charge >= 0.3 is 0 Å². The monoisotopic (exact) mass is 312 g/mol. The van der Waals surface area contributed by atoms with Crippen molar-refractivity contribution in [2.24, 2.45) is 23.5 Å². The Morgan fingerprint density at radius 1 is 1.38 bits per heavy atom. The van der Waals surface area contributed by atoms with Gasteiger partial charge in [-0.3, -0.25) is 5.10 Å². The average molecular weight is 312 g/mol. The van der Waals surface area contributed by atoms with Gasteiger partial charge < -0.3 is 5.73 Å². The van der Waals surface area contributed by atoms with E-state index in [-0.39, 0.29) is 11.6 Å². The van der Waals surface area contributed by atoms with E-state index in [4.69, 9.17) is 5.73 Å². The van der Waals surface area contributed by atoms with Gasteiger partial charge in [-0.15, -0.1) is 0 Å². The molecule has 2 aliphatic carbocycles. The normalized spacial score (nSPS) is 28.7. The fourth-order valence-electron chi connectivity index (χ4n) is 4.06. The quantitative estimate of drug-likeness (QED) is 0.855. The Labute approximate surface area is 126 Å². The van der Waals surface area contributed by atoms with E-state index < -0.39 is 10.0 Å². The topological polar surface area (TPSA) is 92.1 Å². The summed E-state index contributed by atoms with van der Waals surface area (Å²) in [5.41, 5.74) is 6.98. The van der Waals surface area contributed by atoms with Crippen molar-refractivity contribution in [3.63, 3.8) is 0 Å². The van der Waals surface area contributed by atoms with Crippen LogP contribution >= 0.6 is 0 Å². The lowest BCUT2D eigenvalue weighted by Crippen LogP contribution is -2.34. The Kier molecular flexibility index (Phi) is 3.83. The van der Waals surface area contributed by atoms with Crippen molar-refractivity contribution in [1.82, 2.24) is 14.5 Å². The number of H-pyrrole nitrogens is 1. The van der Waals surface area contributed by atoms with E-state index in [1.807, 2.05) is 0 Å². The average Bonchev–Trinajstić information content (AvgIpc) is 3.13. The minimum Gasteiger partial charge on any atom is -0.326 e. The first kappa shape index (κ1) is 15.0. The SMILES string of the molecule is Cc1[nH]nc(S(=O)(=O)N(C)CC2CC3CCC2C3)c1CN. The second-order valence-electron chi connectivity index (χ2n) is 6.56. The Morgan fingerprint density at radius 3 is 2.71 bits per heavy atom. The molecule has 3 atom stereocenters. The Morgan fingerprint density at radius 2 is 2.14 bits per heavy atom. The number of sulfonamides is 1. The molecule has 3 N–H and O–H groups in total. The highest BCUT2D eigenvalue weighted by molar-refractivity contribution is 7.89. The summed E-state index contributed by atoms with van der Waals surface area (Å²) in [4.78, 5) is 0. The molecule has 0 radical (unpaired) electrons. The fraction of sp³-hybridized carbons (Fsp3) is 0.786. The molecule has 0 aliphatic heterocycles. The van der Waals surface area contributed by atoms with Crippen molar-refractivity contribution in [3.05, 3.63) is 11.3 Å². The van der Waals surface area contributed by atoms with Crippen molar-refractivity contribution < 1.29 is 8.42 Å². The summed E-state index contributed by atoms with van der Waals surface area (Å²) < 4.78 is 26.9. The predicted octanol–water partition coefficient (Wildman–Crippen LogP) is 1.23. The lowest BCUT2D eigenvalue weighted by molar-refractivity contribution is 0.280. The van der Waals surface area contributed by atoms with Gasteiger partial charge in [0.25, 0.3) is 10.0 Å². The molecule has 1 aromatic heterocycles. The van der Waals surface area contributed by atoms with E-state index in [1.165, 1.54) is 30.0 Å². The number of fused-ring (bicyclic) bond motifs is 2. The number of nitrogens with zero attached hydrogens (tertiary/aromatic N) is 2. The Bertz CT molecular complexity index is 625. The van der Waals surface area contributed by atoms with Crippen LogP contribution < -0.4 is 5.73 Å². The molecule has 2 aliphatic rings. The van der Waals surface area contributed by atoms with E-state index in [2.05, 4.69) is 10.2 Å². The number of hydrogen-bond donors (Lipinski definition) is 2. The summed E-state index contributed by atoms with van der Waals surface area (Å²) in [5, 5.41) is 6.79. The standard InChI is InChI=1S/C14H24N4O2S/c1-9-13(7-15)14(17-16-9)21(19,20)18(2)8-12-6-10-3-4-11(12)5-10/h10-12H,3-8,15H2,1-2H3,(H,16,17). The molecule has 1 aromatic rings. The number of aryl methyl sites for hydroxylation is 1. The highest BCUT2D eigenvalue weighted by Crippen LogP contribution is 2.48. The maximum Gasteiger partial charge on any atom is 0.262 e. The number of aromatic nitrogens is 2. The predicted molar refractivity (Wildman–Crippen MR) is 80.0 cm³/mol. The molecule has 7 heteroatoms. The number of hydrogen-bond acceptors (Lipinski definition) is 4. The molecular weight excluding hydrogens is 288 g/mol. The minimum absolute atomic E-state index is 0.0909. The van der Waals surface area contributed by atoms with Gasteiger partial charge in [0.1, 0.15) is 0 Å². The van der Waals surface area contributed by atoms with Crippen LogP contribution in [0.15, 0.2) is 5.03 Å². The van der Waals surface area contributed by atoms with Gasteiger partial charge in [0.05, 0.1) is 0 Å². The third kappa shape index (κ3) is 2.51. The number of rotatable bonds is 5. The smallest absolute Gasteiger partial charge is 0.262 e. The molecule has 2 saturated carbocycles. The van der Waals surface area contributed by atoms with Gasteiger partial charge in [0.15, 0.2) is 5.03 Å². The highest BCUT2D eigenvalue weighted by atomic mass is 32.2. The van der Waals surface area contributed by atoms with Crippen LogP contribution in [0.4, 0.5) is 0 Å². The molecule has 1 heterocycles. The highest BCUT2D eigenvalue weighted by Gasteiger charge is 2.41. The van der Waals surface area contributed by atoms with Gasteiger partial charge in [0.2, 0.25) is 0 Å². The van der Waals surface area contributed by atoms with E-state index in [0.717, 1.165) is 11.6 Å².